The number of terminal acetylenes is 1. The van der Waals surface area contributed by atoms with E-state index in [0.717, 1.165) is 24.8 Å². The fourth-order valence-electron chi connectivity index (χ4n) is 8.14. The first-order chi connectivity index (χ1) is 34.0. The molecule has 1 aromatic carbocycles. The third-order valence-electron chi connectivity index (χ3n) is 12.1. The van der Waals surface area contributed by atoms with Gasteiger partial charge in [0.25, 0.3) is 0 Å². The van der Waals surface area contributed by atoms with Crippen molar-refractivity contribution in [1.29, 1.82) is 0 Å². The zero-order valence-electron chi connectivity index (χ0n) is 40.8. The highest BCUT2D eigenvalue weighted by atomic mass is 35.5. The summed E-state index contributed by atoms with van der Waals surface area (Å²) in [5, 5.41) is 39.9. The van der Waals surface area contributed by atoms with Crippen LogP contribution in [0.2, 0.25) is 0 Å². The predicted octanol–water partition coefficient (Wildman–Crippen LogP) is -2.95. The van der Waals surface area contributed by atoms with Crippen molar-refractivity contribution in [2.75, 3.05) is 127 Å². The van der Waals surface area contributed by atoms with Crippen LogP contribution in [0.4, 0.5) is 17.8 Å². The van der Waals surface area contributed by atoms with E-state index in [9.17, 15) is 19.8 Å². The van der Waals surface area contributed by atoms with Crippen LogP contribution in [-0.4, -0.2) is 188 Å². The van der Waals surface area contributed by atoms with E-state index >= 15 is 0 Å². The number of amides is 2. The molecule has 2 aliphatic rings. The number of hydrogen-bond donors (Lipinski definition) is 6. The van der Waals surface area contributed by atoms with Crippen molar-refractivity contribution >= 4 is 29.7 Å². The van der Waals surface area contributed by atoms with Gasteiger partial charge in [0.05, 0.1) is 69.8 Å². The smallest absolute Gasteiger partial charge is 0.247 e. The lowest BCUT2D eigenvalue weighted by Crippen LogP contribution is -3.00. The molecule has 71 heavy (non-hydrogen) atoms. The van der Waals surface area contributed by atoms with Gasteiger partial charge in [-0.1, -0.05) is 42.3 Å². The summed E-state index contributed by atoms with van der Waals surface area (Å²) in [5.74, 6) is 3.96. The number of aromatic hydroxyl groups is 1. The third-order valence-corrected chi connectivity index (χ3v) is 12.1. The Hall–Kier alpha value is -5.78. The first-order valence-electron chi connectivity index (χ1n) is 24.1. The van der Waals surface area contributed by atoms with Crippen molar-refractivity contribution < 1.29 is 46.4 Å². The van der Waals surface area contributed by atoms with Gasteiger partial charge in [0, 0.05) is 65.3 Å². The lowest BCUT2D eigenvalue weighted by Gasteiger charge is -2.38. The number of aliphatic hydroxyl groups excluding tert-OH is 1. The Labute approximate surface area is 421 Å². The molecule has 390 valence electrons. The molecule has 4 aromatic rings. The fraction of sp³-hybridized carbons (Fsp3) is 0.630. The van der Waals surface area contributed by atoms with Crippen LogP contribution < -0.4 is 44.7 Å². The van der Waals surface area contributed by atoms with E-state index in [0.29, 0.717) is 146 Å². The number of carbonyl (C=O) groups excluding carboxylic acids is 2. The molecule has 0 saturated carbocycles. The van der Waals surface area contributed by atoms with Gasteiger partial charge in [-0.2, -0.15) is 15.0 Å². The Morgan fingerprint density at radius 2 is 1.30 bits per heavy atom. The lowest BCUT2D eigenvalue weighted by atomic mass is 10.0. The van der Waals surface area contributed by atoms with E-state index < -0.39 is 18.1 Å². The number of nitrogens with zero attached hydrogens (tertiary/aromatic N) is 13. The van der Waals surface area contributed by atoms with Crippen molar-refractivity contribution in [3.8, 4) is 18.1 Å². The average molecular weight is 1010 g/mol. The highest BCUT2D eigenvalue weighted by Crippen LogP contribution is 2.26. The van der Waals surface area contributed by atoms with E-state index in [4.69, 9.17) is 52.8 Å². The van der Waals surface area contributed by atoms with Crippen LogP contribution in [0, 0.1) is 18.3 Å². The van der Waals surface area contributed by atoms with Gasteiger partial charge >= 0.3 is 0 Å². The molecule has 4 unspecified atom stereocenters. The molecule has 2 aliphatic heterocycles. The van der Waals surface area contributed by atoms with Gasteiger partial charge < -0.3 is 78.9 Å². The molecule has 2 fully saturated rings. The second kappa shape index (κ2) is 28.9. The van der Waals surface area contributed by atoms with Gasteiger partial charge in [-0.15, -0.1) is 16.6 Å². The lowest BCUT2D eigenvalue weighted by molar-refractivity contribution is -0.136. The van der Waals surface area contributed by atoms with Crippen LogP contribution in [-0.2, 0) is 30.2 Å². The summed E-state index contributed by atoms with van der Waals surface area (Å²) < 4.78 is 19.7. The number of nitrogens with two attached hydrogens (primary N) is 3. The number of aromatic nitrogens is 9. The summed E-state index contributed by atoms with van der Waals surface area (Å²) in [6.07, 6.45) is 11.7. The number of rotatable bonds is 28. The highest BCUT2D eigenvalue weighted by Gasteiger charge is 2.34. The van der Waals surface area contributed by atoms with E-state index in [-0.39, 0.29) is 49.2 Å². The molecule has 0 aliphatic carbocycles. The quantitative estimate of drug-likeness (QED) is 0.0245. The molecule has 9 N–H and O–H groups in total. The van der Waals surface area contributed by atoms with Gasteiger partial charge in [0.1, 0.15) is 30.1 Å². The van der Waals surface area contributed by atoms with Crippen LogP contribution in [0.5, 0.6) is 5.75 Å². The SMILES string of the molecule is C#CCOCCOCCOCCNc1nc(N2CCN(C(=O)C(CCCCN)n3cc(C(N)CO)nn3)CC2)nc(N2CCN(C(=O)C(Cc3ccc(O)cc3)n3cc(C(N)CC(C)C)nn3)CC2)n1.[Cl-]. The highest BCUT2D eigenvalue weighted by molar-refractivity contribution is 5.81. The zero-order valence-corrected chi connectivity index (χ0v) is 41.6. The molecule has 24 nitrogen and oxygen atoms in total. The van der Waals surface area contributed by atoms with Crippen molar-refractivity contribution in [3.05, 3.63) is 53.6 Å². The number of phenols is 1. The summed E-state index contributed by atoms with van der Waals surface area (Å²) in [5.41, 5.74) is 20.1. The molecule has 25 heteroatoms. The van der Waals surface area contributed by atoms with E-state index in [1.54, 1.807) is 46.0 Å². The standard InChI is InChI=1S/C46H71N17O7.ClH/c1-4-22-68-24-26-70-27-25-69-23-13-50-44-51-45(60-18-14-58(15-19-60)42(66)40(7-5-6-12-47)62-31-39(55-56-62)37(49)32-64)53-46(52-44)61-20-16-59(17-21-61)43(67)41(29-34-8-10-35(65)11-9-34)63-30-38(54-57-63)36(48)28-33(2)3;/h1,8-11,30-31,33,36-37,40-41,64-65H,5-7,12-29,32,47-49H2,2-3H3,(H,50,51,52,53);1H/p-1. The fourth-order valence-corrected chi connectivity index (χ4v) is 8.14. The van der Waals surface area contributed by atoms with Crippen molar-refractivity contribution in [2.24, 2.45) is 23.1 Å². The molecule has 5 heterocycles. The van der Waals surface area contributed by atoms with Crippen LogP contribution >= 0.6 is 0 Å². The molecule has 0 radical (unpaired) electrons. The number of halogens is 1. The number of benzene rings is 1. The normalized spacial score (nSPS) is 15.8. The summed E-state index contributed by atoms with van der Waals surface area (Å²) in [7, 11) is 0. The minimum Gasteiger partial charge on any atom is -1.00 e. The Morgan fingerprint density at radius 3 is 1.85 bits per heavy atom. The second-order valence-electron chi connectivity index (χ2n) is 17.8. The molecule has 2 saturated heterocycles. The topological polar surface area (TPSA) is 305 Å². The van der Waals surface area contributed by atoms with E-state index in [1.165, 1.54) is 0 Å². The van der Waals surface area contributed by atoms with Crippen LogP contribution in [0.1, 0.15) is 80.6 Å². The number of phenolic OH excluding ortho intramolecular Hbond substituents is 1. The molecule has 3 aromatic heterocycles. The molecule has 4 atom stereocenters. The van der Waals surface area contributed by atoms with Gasteiger partial charge in [-0.05, 0) is 55.8 Å². The van der Waals surface area contributed by atoms with Gasteiger partial charge in [0.2, 0.25) is 29.7 Å². The maximum absolute atomic E-state index is 14.5. The maximum atomic E-state index is 14.5. The monoisotopic (exact) mass is 1010 g/mol. The third kappa shape index (κ3) is 16.6. The molecule has 6 rings (SSSR count). The van der Waals surface area contributed by atoms with Crippen molar-refractivity contribution in [2.45, 2.75) is 70.1 Å². The molecular formula is C46H71ClN17O7-. The van der Waals surface area contributed by atoms with Gasteiger partial charge in [-0.25, -0.2) is 9.36 Å². The minimum absolute atomic E-state index is 0. The van der Waals surface area contributed by atoms with Crippen LogP contribution in [0.15, 0.2) is 36.7 Å². The maximum Gasteiger partial charge on any atom is 0.247 e. The Bertz CT molecular complexity index is 2250. The molecule has 2 amide bonds. The Morgan fingerprint density at radius 1 is 0.761 bits per heavy atom. The van der Waals surface area contributed by atoms with E-state index in [2.05, 4.69) is 45.7 Å². The van der Waals surface area contributed by atoms with Crippen molar-refractivity contribution in [3.63, 3.8) is 0 Å². The largest absolute Gasteiger partial charge is 1.00 e. The molecular weight excluding hydrogens is 938 g/mol. The number of nitrogens with one attached hydrogen (secondary N) is 1. The van der Waals surface area contributed by atoms with Crippen LogP contribution in [0.3, 0.4) is 0 Å². The average Bonchev–Trinajstić information content (AvgIpc) is 4.08. The summed E-state index contributed by atoms with van der Waals surface area (Å²) in [6, 6.07) is 4.47. The van der Waals surface area contributed by atoms with Crippen molar-refractivity contribution in [1.82, 2.24) is 54.7 Å². The Balaban J connectivity index is 0.00000937. The Kier molecular flexibility index (Phi) is 22.9. The summed E-state index contributed by atoms with van der Waals surface area (Å²) >= 11 is 0. The van der Waals surface area contributed by atoms with E-state index in [1.807, 2.05) is 19.6 Å². The molecule has 0 bridgehead atoms. The first kappa shape index (κ1) is 56.1. The number of piperazine rings is 2. The van der Waals surface area contributed by atoms with Gasteiger partial charge in [-0.3, -0.25) is 9.59 Å². The predicted molar refractivity (Wildman–Crippen MR) is 260 cm³/mol. The molecule has 0 spiro atoms. The number of ether oxygens (including phenoxy) is 3. The number of hydrogen-bond acceptors (Lipinski definition) is 20. The second-order valence-corrected chi connectivity index (χ2v) is 17.8. The summed E-state index contributed by atoms with van der Waals surface area (Å²) in [6.45, 7) is 10.4. The zero-order chi connectivity index (χ0) is 49.8. The number of aliphatic hydroxyl groups is 1. The number of carbonyl (C=O) groups is 2. The number of unbranched alkanes of at least 4 members (excludes halogenated alkanes) is 1. The number of anilines is 3. The first-order valence-corrected chi connectivity index (χ1v) is 24.1. The van der Waals surface area contributed by atoms with Crippen LogP contribution in [0.25, 0.3) is 0 Å². The summed E-state index contributed by atoms with van der Waals surface area (Å²) in [4.78, 5) is 50.9. The minimum atomic E-state index is -0.704. The van der Waals surface area contributed by atoms with Gasteiger partial charge in [0.15, 0.2) is 0 Å².